The summed E-state index contributed by atoms with van der Waals surface area (Å²) >= 11 is 2.07. The second kappa shape index (κ2) is 3.59. The van der Waals surface area contributed by atoms with Crippen molar-refractivity contribution in [3.63, 3.8) is 0 Å². The van der Waals surface area contributed by atoms with Gasteiger partial charge in [-0.1, -0.05) is 6.42 Å². The molecule has 2 fully saturated rings. The van der Waals surface area contributed by atoms with Gasteiger partial charge in [-0.3, -0.25) is 0 Å². The average Bonchev–Trinajstić information content (AvgIpc) is 2.78. The molecule has 0 atom stereocenters. The van der Waals surface area contributed by atoms with Gasteiger partial charge < -0.3 is 5.32 Å². The fourth-order valence-electron chi connectivity index (χ4n) is 1.85. The number of thioether (sulfide) groups is 1. The highest BCUT2D eigenvalue weighted by molar-refractivity contribution is 8.00. The summed E-state index contributed by atoms with van der Waals surface area (Å²) < 4.78 is 0.634. The third-order valence-electron chi connectivity index (χ3n) is 3.27. The SMILES string of the molecule is CSC1(CNCC2CC2)CCC1. The Morgan fingerprint density at radius 2 is 2.17 bits per heavy atom. The highest BCUT2D eigenvalue weighted by Gasteiger charge is 2.35. The monoisotopic (exact) mass is 185 g/mol. The van der Waals surface area contributed by atoms with Gasteiger partial charge in [0.05, 0.1) is 0 Å². The summed E-state index contributed by atoms with van der Waals surface area (Å²) in [5.41, 5.74) is 0. The van der Waals surface area contributed by atoms with Crippen LogP contribution in [-0.4, -0.2) is 24.1 Å². The smallest absolute Gasteiger partial charge is 0.0281 e. The molecule has 0 saturated heterocycles. The summed E-state index contributed by atoms with van der Waals surface area (Å²) in [4.78, 5) is 0. The van der Waals surface area contributed by atoms with Crippen molar-refractivity contribution in [2.45, 2.75) is 36.9 Å². The quantitative estimate of drug-likeness (QED) is 0.705. The van der Waals surface area contributed by atoms with Gasteiger partial charge in [-0.05, 0) is 44.4 Å². The fourth-order valence-corrected chi connectivity index (χ4v) is 2.79. The predicted molar refractivity (Wildman–Crippen MR) is 55.7 cm³/mol. The molecule has 2 aliphatic carbocycles. The minimum atomic E-state index is 0.634. The molecule has 0 bridgehead atoms. The third-order valence-corrected chi connectivity index (χ3v) is 4.69. The summed E-state index contributed by atoms with van der Waals surface area (Å²) in [6, 6.07) is 0. The van der Waals surface area contributed by atoms with Crippen LogP contribution in [-0.2, 0) is 0 Å². The van der Waals surface area contributed by atoms with Crippen LogP contribution in [0.3, 0.4) is 0 Å². The van der Waals surface area contributed by atoms with E-state index in [-0.39, 0.29) is 0 Å². The van der Waals surface area contributed by atoms with E-state index in [0.717, 1.165) is 5.92 Å². The lowest BCUT2D eigenvalue weighted by atomic mass is 9.84. The second-order valence-electron chi connectivity index (χ2n) is 4.31. The Balaban J connectivity index is 1.62. The zero-order valence-electron chi connectivity index (χ0n) is 7.94. The van der Waals surface area contributed by atoms with Gasteiger partial charge in [0, 0.05) is 11.3 Å². The average molecular weight is 185 g/mol. The van der Waals surface area contributed by atoms with Gasteiger partial charge in [-0.2, -0.15) is 11.8 Å². The minimum Gasteiger partial charge on any atom is -0.315 e. The van der Waals surface area contributed by atoms with Crippen molar-refractivity contribution in [2.75, 3.05) is 19.3 Å². The topological polar surface area (TPSA) is 12.0 Å². The summed E-state index contributed by atoms with van der Waals surface area (Å²) in [5.74, 6) is 1.03. The first-order chi connectivity index (χ1) is 5.85. The Bertz CT molecular complexity index is 144. The van der Waals surface area contributed by atoms with Crippen molar-refractivity contribution in [1.29, 1.82) is 0 Å². The molecule has 0 aromatic rings. The Kier molecular flexibility index (Phi) is 2.66. The predicted octanol–water partition coefficient (Wildman–Crippen LogP) is 2.27. The number of nitrogens with one attached hydrogen (secondary N) is 1. The summed E-state index contributed by atoms with van der Waals surface area (Å²) in [6.07, 6.45) is 9.53. The van der Waals surface area contributed by atoms with Gasteiger partial charge in [0.2, 0.25) is 0 Å². The summed E-state index contributed by atoms with van der Waals surface area (Å²) in [7, 11) is 0. The molecular weight excluding hydrogens is 166 g/mol. The molecule has 70 valence electrons. The maximum Gasteiger partial charge on any atom is 0.0281 e. The molecule has 1 N–H and O–H groups in total. The van der Waals surface area contributed by atoms with Gasteiger partial charge in [0.15, 0.2) is 0 Å². The van der Waals surface area contributed by atoms with E-state index in [4.69, 9.17) is 0 Å². The van der Waals surface area contributed by atoms with E-state index in [1.165, 1.54) is 45.2 Å². The molecule has 0 aromatic heterocycles. The first-order valence-electron chi connectivity index (χ1n) is 5.10. The van der Waals surface area contributed by atoms with E-state index in [0.29, 0.717) is 4.75 Å². The fraction of sp³-hybridized carbons (Fsp3) is 1.00. The number of hydrogen-bond acceptors (Lipinski definition) is 2. The molecule has 2 heteroatoms. The third kappa shape index (κ3) is 1.97. The molecule has 0 unspecified atom stereocenters. The lowest BCUT2D eigenvalue weighted by Gasteiger charge is -2.40. The zero-order valence-corrected chi connectivity index (χ0v) is 8.75. The van der Waals surface area contributed by atoms with Crippen molar-refractivity contribution in [3.8, 4) is 0 Å². The molecule has 12 heavy (non-hydrogen) atoms. The van der Waals surface area contributed by atoms with Crippen molar-refractivity contribution in [2.24, 2.45) is 5.92 Å². The van der Waals surface area contributed by atoms with Gasteiger partial charge >= 0.3 is 0 Å². The molecule has 0 amide bonds. The molecule has 0 aromatic carbocycles. The van der Waals surface area contributed by atoms with Crippen LogP contribution in [0.2, 0.25) is 0 Å². The van der Waals surface area contributed by atoms with Crippen molar-refractivity contribution < 1.29 is 0 Å². The molecule has 2 aliphatic rings. The largest absolute Gasteiger partial charge is 0.315 e. The maximum atomic E-state index is 3.62. The van der Waals surface area contributed by atoms with Crippen molar-refractivity contribution in [3.05, 3.63) is 0 Å². The molecule has 0 aliphatic heterocycles. The van der Waals surface area contributed by atoms with Crippen LogP contribution >= 0.6 is 11.8 Å². The summed E-state index contributed by atoms with van der Waals surface area (Å²) in [5, 5.41) is 3.62. The van der Waals surface area contributed by atoms with Crippen molar-refractivity contribution >= 4 is 11.8 Å². The van der Waals surface area contributed by atoms with Crippen LogP contribution in [0.25, 0.3) is 0 Å². The van der Waals surface area contributed by atoms with Crippen LogP contribution in [0.15, 0.2) is 0 Å². The van der Waals surface area contributed by atoms with Crippen LogP contribution in [0, 0.1) is 5.92 Å². The van der Waals surface area contributed by atoms with Crippen LogP contribution < -0.4 is 5.32 Å². The Morgan fingerprint density at radius 1 is 1.42 bits per heavy atom. The standard InChI is InChI=1S/C10H19NS/c1-12-10(5-2-6-10)8-11-7-9-3-4-9/h9,11H,2-8H2,1H3. The first-order valence-corrected chi connectivity index (χ1v) is 6.33. The highest BCUT2D eigenvalue weighted by Crippen LogP contribution is 2.42. The molecule has 0 spiro atoms. The van der Waals surface area contributed by atoms with Crippen LogP contribution in [0.4, 0.5) is 0 Å². The molecule has 2 saturated carbocycles. The Hall–Kier alpha value is 0.310. The van der Waals surface area contributed by atoms with Gasteiger partial charge in [0.25, 0.3) is 0 Å². The van der Waals surface area contributed by atoms with Crippen LogP contribution in [0.1, 0.15) is 32.1 Å². The van der Waals surface area contributed by atoms with Gasteiger partial charge in [-0.25, -0.2) is 0 Å². The van der Waals surface area contributed by atoms with E-state index in [9.17, 15) is 0 Å². The lowest BCUT2D eigenvalue weighted by Crippen LogP contribution is -2.43. The molecule has 1 nitrogen and oxygen atoms in total. The van der Waals surface area contributed by atoms with Crippen molar-refractivity contribution in [1.82, 2.24) is 5.32 Å². The normalized spacial score (nSPS) is 26.8. The molecule has 0 heterocycles. The van der Waals surface area contributed by atoms with E-state index in [1.807, 2.05) is 0 Å². The lowest BCUT2D eigenvalue weighted by molar-refractivity contribution is 0.344. The molecule has 0 radical (unpaired) electrons. The Morgan fingerprint density at radius 3 is 2.58 bits per heavy atom. The summed E-state index contributed by atoms with van der Waals surface area (Å²) in [6.45, 7) is 2.53. The Labute approximate surface area is 79.7 Å². The zero-order chi connectivity index (χ0) is 8.44. The van der Waals surface area contributed by atoms with Gasteiger partial charge in [-0.15, -0.1) is 0 Å². The highest BCUT2D eigenvalue weighted by atomic mass is 32.2. The molecule has 2 rings (SSSR count). The van der Waals surface area contributed by atoms with E-state index >= 15 is 0 Å². The van der Waals surface area contributed by atoms with E-state index in [1.54, 1.807) is 0 Å². The van der Waals surface area contributed by atoms with E-state index in [2.05, 4.69) is 23.3 Å². The van der Waals surface area contributed by atoms with E-state index < -0.39 is 0 Å². The van der Waals surface area contributed by atoms with Crippen LogP contribution in [0.5, 0.6) is 0 Å². The minimum absolute atomic E-state index is 0.634. The maximum absolute atomic E-state index is 3.62. The number of hydrogen-bond donors (Lipinski definition) is 1. The number of rotatable bonds is 5. The molecular formula is C10H19NS. The first kappa shape index (κ1) is 8.89. The van der Waals surface area contributed by atoms with Gasteiger partial charge in [0.1, 0.15) is 0 Å². The second-order valence-corrected chi connectivity index (χ2v) is 5.59.